The molecule has 0 heterocycles. The molecule has 1 aromatic rings. The number of para-hydroxylation sites is 1. The molecule has 1 aromatic carbocycles. The summed E-state index contributed by atoms with van der Waals surface area (Å²) in [5.74, 6) is 0.869. The number of ether oxygens (including phenoxy) is 1. The highest BCUT2D eigenvalue weighted by molar-refractivity contribution is 9.10. The summed E-state index contributed by atoms with van der Waals surface area (Å²) in [6, 6.07) is 7.82. The number of rotatable bonds is 4. The molecule has 0 atom stereocenters. The van der Waals surface area contributed by atoms with E-state index in [9.17, 15) is 0 Å². The monoisotopic (exact) mass is 257 g/mol. The van der Waals surface area contributed by atoms with Crippen LogP contribution in [-0.2, 0) is 0 Å². The lowest BCUT2D eigenvalue weighted by molar-refractivity contribution is 0.186. The van der Waals surface area contributed by atoms with E-state index in [1.165, 1.54) is 0 Å². The highest BCUT2D eigenvalue weighted by Crippen LogP contribution is 2.25. The van der Waals surface area contributed by atoms with Gasteiger partial charge in [0, 0.05) is 12.0 Å². The van der Waals surface area contributed by atoms with Crippen molar-refractivity contribution in [3.63, 3.8) is 0 Å². The Labute approximate surface area is 93.6 Å². The molecule has 1 rings (SSSR count). The minimum atomic E-state index is 0.0231. The fourth-order valence-electron chi connectivity index (χ4n) is 0.894. The van der Waals surface area contributed by atoms with Crippen molar-refractivity contribution < 1.29 is 4.74 Å². The summed E-state index contributed by atoms with van der Waals surface area (Å²) >= 11 is 3.43. The second kappa shape index (κ2) is 4.80. The molecule has 3 heteroatoms. The zero-order chi connectivity index (χ0) is 10.6. The third-order valence-electron chi connectivity index (χ3n) is 2.01. The summed E-state index contributed by atoms with van der Waals surface area (Å²) in [6.45, 7) is 5.43. The van der Waals surface area contributed by atoms with Crippen LogP contribution in [0.2, 0.25) is 0 Å². The molecule has 14 heavy (non-hydrogen) atoms. The quantitative estimate of drug-likeness (QED) is 0.901. The van der Waals surface area contributed by atoms with E-state index in [1.54, 1.807) is 0 Å². The van der Waals surface area contributed by atoms with E-state index >= 15 is 0 Å². The first-order valence-electron chi connectivity index (χ1n) is 4.62. The highest BCUT2D eigenvalue weighted by atomic mass is 79.9. The lowest BCUT2D eigenvalue weighted by Gasteiger charge is -2.22. The Kier molecular flexibility index (Phi) is 3.96. The fourth-order valence-corrected chi connectivity index (χ4v) is 1.29. The molecule has 0 aliphatic rings. The number of nitrogens with two attached hydrogens (primary N) is 1. The summed E-state index contributed by atoms with van der Waals surface area (Å²) in [7, 11) is 0. The van der Waals surface area contributed by atoms with Gasteiger partial charge >= 0.3 is 0 Å². The van der Waals surface area contributed by atoms with Crippen molar-refractivity contribution >= 4 is 15.9 Å². The van der Waals surface area contributed by atoms with E-state index in [0.29, 0.717) is 13.2 Å². The van der Waals surface area contributed by atoms with E-state index in [2.05, 4.69) is 29.8 Å². The number of hydrogen-bond donors (Lipinski definition) is 1. The average molecular weight is 258 g/mol. The van der Waals surface area contributed by atoms with Crippen LogP contribution in [0, 0.1) is 5.41 Å². The summed E-state index contributed by atoms with van der Waals surface area (Å²) in [5, 5.41) is 0. The van der Waals surface area contributed by atoms with Crippen molar-refractivity contribution in [3.8, 4) is 5.75 Å². The van der Waals surface area contributed by atoms with Gasteiger partial charge in [-0.25, -0.2) is 0 Å². The molecule has 0 unspecified atom stereocenters. The molecule has 0 aliphatic carbocycles. The van der Waals surface area contributed by atoms with Crippen LogP contribution in [0.15, 0.2) is 28.7 Å². The van der Waals surface area contributed by atoms with E-state index in [1.807, 2.05) is 24.3 Å². The van der Waals surface area contributed by atoms with Gasteiger partial charge in [-0.15, -0.1) is 0 Å². The minimum Gasteiger partial charge on any atom is -0.492 e. The molecule has 0 fully saturated rings. The standard InChI is InChI=1S/C11H16BrNO/c1-11(2,7-13)8-14-10-6-4-3-5-9(10)12/h3-6H,7-8,13H2,1-2H3. The Hall–Kier alpha value is -0.540. The first kappa shape index (κ1) is 11.5. The van der Waals surface area contributed by atoms with Crippen LogP contribution in [0.5, 0.6) is 5.75 Å². The topological polar surface area (TPSA) is 35.2 Å². The Balaban J connectivity index is 2.58. The van der Waals surface area contributed by atoms with Crippen molar-refractivity contribution in [2.75, 3.05) is 13.2 Å². The molecule has 2 nitrogen and oxygen atoms in total. The Morgan fingerprint density at radius 1 is 1.36 bits per heavy atom. The van der Waals surface area contributed by atoms with E-state index in [4.69, 9.17) is 10.5 Å². The Morgan fingerprint density at radius 3 is 2.57 bits per heavy atom. The van der Waals surface area contributed by atoms with Gasteiger partial charge in [-0.1, -0.05) is 26.0 Å². The van der Waals surface area contributed by atoms with Gasteiger partial charge in [-0.2, -0.15) is 0 Å². The lowest BCUT2D eigenvalue weighted by Crippen LogP contribution is -2.30. The summed E-state index contributed by atoms with van der Waals surface area (Å²) < 4.78 is 6.65. The maximum Gasteiger partial charge on any atom is 0.133 e. The molecule has 0 radical (unpaired) electrons. The Bertz CT molecular complexity index is 299. The Morgan fingerprint density at radius 2 is 2.00 bits per heavy atom. The lowest BCUT2D eigenvalue weighted by atomic mass is 9.95. The second-order valence-corrected chi connectivity index (χ2v) is 4.94. The van der Waals surface area contributed by atoms with Gasteiger partial charge in [0.15, 0.2) is 0 Å². The second-order valence-electron chi connectivity index (χ2n) is 4.09. The molecule has 2 N–H and O–H groups in total. The van der Waals surface area contributed by atoms with Gasteiger partial charge in [0.05, 0.1) is 11.1 Å². The predicted molar refractivity (Wildman–Crippen MR) is 62.5 cm³/mol. The molecule has 0 aliphatic heterocycles. The number of halogens is 1. The van der Waals surface area contributed by atoms with Gasteiger partial charge in [0.2, 0.25) is 0 Å². The van der Waals surface area contributed by atoms with Crippen molar-refractivity contribution in [3.05, 3.63) is 28.7 Å². The third kappa shape index (κ3) is 3.31. The predicted octanol–water partition coefficient (Wildman–Crippen LogP) is 2.81. The van der Waals surface area contributed by atoms with Gasteiger partial charge in [-0.05, 0) is 28.1 Å². The first-order chi connectivity index (χ1) is 6.55. The summed E-state index contributed by atoms with van der Waals surface area (Å²) in [6.07, 6.45) is 0. The van der Waals surface area contributed by atoms with E-state index in [0.717, 1.165) is 10.2 Å². The van der Waals surface area contributed by atoms with Crippen LogP contribution < -0.4 is 10.5 Å². The van der Waals surface area contributed by atoms with Crippen LogP contribution in [-0.4, -0.2) is 13.2 Å². The van der Waals surface area contributed by atoms with Crippen LogP contribution in [0.4, 0.5) is 0 Å². The van der Waals surface area contributed by atoms with Gasteiger partial charge in [0.25, 0.3) is 0 Å². The maximum atomic E-state index is 5.67. The molecule has 0 aromatic heterocycles. The number of hydrogen-bond acceptors (Lipinski definition) is 2. The number of benzene rings is 1. The van der Waals surface area contributed by atoms with Gasteiger partial charge in [0.1, 0.15) is 5.75 Å². The minimum absolute atomic E-state index is 0.0231. The van der Waals surface area contributed by atoms with Crippen LogP contribution in [0.1, 0.15) is 13.8 Å². The molecule has 0 bridgehead atoms. The highest BCUT2D eigenvalue weighted by Gasteiger charge is 2.16. The molecule has 0 amide bonds. The van der Waals surface area contributed by atoms with Crippen molar-refractivity contribution in [2.24, 2.45) is 11.1 Å². The molecular weight excluding hydrogens is 242 g/mol. The summed E-state index contributed by atoms with van der Waals surface area (Å²) in [4.78, 5) is 0. The van der Waals surface area contributed by atoms with Crippen LogP contribution in [0.3, 0.4) is 0 Å². The molecule has 0 spiro atoms. The zero-order valence-corrected chi connectivity index (χ0v) is 10.2. The van der Waals surface area contributed by atoms with Crippen LogP contribution >= 0.6 is 15.9 Å². The van der Waals surface area contributed by atoms with Gasteiger partial charge < -0.3 is 10.5 Å². The fraction of sp³-hybridized carbons (Fsp3) is 0.455. The maximum absolute atomic E-state index is 5.67. The summed E-state index contributed by atoms with van der Waals surface area (Å²) in [5.41, 5.74) is 5.64. The third-order valence-corrected chi connectivity index (χ3v) is 2.66. The van der Waals surface area contributed by atoms with Crippen molar-refractivity contribution in [2.45, 2.75) is 13.8 Å². The normalized spacial score (nSPS) is 11.4. The smallest absolute Gasteiger partial charge is 0.133 e. The average Bonchev–Trinajstić information content (AvgIpc) is 2.17. The van der Waals surface area contributed by atoms with Gasteiger partial charge in [-0.3, -0.25) is 0 Å². The zero-order valence-electron chi connectivity index (χ0n) is 8.59. The van der Waals surface area contributed by atoms with Crippen molar-refractivity contribution in [1.82, 2.24) is 0 Å². The van der Waals surface area contributed by atoms with E-state index < -0.39 is 0 Å². The van der Waals surface area contributed by atoms with E-state index in [-0.39, 0.29) is 5.41 Å². The van der Waals surface area contributed by atoms with Crippen molar-refractivity contribution in [1.29, 1.82) is 0 Å². The van der Waals surface area contributed by atoms with Crippen LogP contribution in [0.25, 0.3) is 0 Å². The first-order valence-corrected chi connectivity index (χ1v) is 5.42. The molecular formula is C11H16BrNO. The SMILES string of the molecule is CC(C)(CN)COc1ccccc1Br. The molecule has 0 saturated heterocycles. The molecule has 0 saturated carbocycles. The molecule has 78 valence electrons. The largest absolute Gasteiger partial charge is 0.492 e.